The molecular weight excluding hydrogens is 174 g/mol. The molecule has 0 aromatic carbocycles. The molecule has 42 valence electrons. The van der Waals surface area contributed by atoms with Crippen LogP contribution >= 0.6 is 17.0 Å². The van der Waals surface area contributed by atoms with Crippen LogP contribution < -0.4 is 6.15 Å². The Morgan fingerprint density at radius 1 is 1.33 bits per heavy atom. The van der Waals surface area contributed by atoms with Crippen LogP contribution in [0.25, 0.3) is 0 Å². The van der Waals surface area contributed by atoms with E-state index in [0.717, 1.165) is 0 Å². The second-order valence-corrected chi connectivity index (χ2v) is 0.692. The van der Waals surface area contributed by atoms with E-state index in [2.05, 4.69) is 0 Å². The summed E-state index contributed by atoms with van der Waals surface area (Å²) in [6.45, 7) is 0. The summed E-state index contributed by atoms with van der Waals surface area (Å²) in [7, 11) is 0. The highest BCUT2D eigenvalue weighted by Gasteiger charge is 1.62. The van der Waals surface area contributed by atoms with E-state index in [-0.39, 0.29) is 23.1 Å². The van der Waals surface area contributed by atoms with Crippen LogP contribution in [0.1, 0.15) is 0 Å². The molecule has 0 unspecified atom stereocenters. The molecule has 0 radical (unpaired) electrons. The Kier molecular flexibility index (Phi) is 24.3. The van der Waals surface area contributed by atoms with Gasteiger partial charge in [-0.05, 0) is 0 Å². The van der Waals surface area contributed by atoms with Gasteiger partial charge in [0.2, 0.25) is 0 Å². The second kappa shape index (κ2) is 9.10. The first kappa shape index (κ1) is 16.0. The van der Waals surface area contributed by atoms with Crippen molar-refractivity contribution in [3.63, 3.8) is 0 Å². The van der Waals surface area contributed by atoms with Crippen molar-refractivity contribution in [1.29, 1.82) is 0 Å². The molecule has 0 aliphatic rings. The Morgan fingerprint density at radius 2 is 1.33 bits per heavy atom. The van der Waals surface area contributed by atoms with Crippen LogP contribution in [0, 0.1) is 0 Å². The third-order valence-electron chi connectivity index (χ3n) is 0. The normalized spacial score (nSPS) is 5.83. The van der Waals surface area contributed by atoms with Crippen LogP contribution in [0.2, 0.25) is 0 Å². The lowest BCUT2D eigenvalue weighted by atomic mass is 14.0. The van der Waals surface area contributed by atoms with Gasteiger partial charge in [0.1, 0.15) is 0 Å². The highest BCUT2D eigenvalue weighted by Crippen LogP contribution is 1.44. The number of hydrogen-bond acceptors (Lipinski definition) is 2. The van der Waals surface area contributed by atoms with E-state index in [1.165, 1.54) is 0 Å². The van der Waals surface area contributed by atoms with Gasteiger partial charge >= 0.3 is 0 Å². The molecule has 6 heavy (non-hydrogen) atoms. The SMILES string of the molecule is Br.N.O=S(O)O. The molecule has 0 aromatic rings. The maximum atomic E-state index is 8.67. The van der Waals surface area contributed by atoms with Gasteiger partial charge in [-0.1, -0.05) is 0 Å². The van der Waals surface area contributed by atoms with Crippen molar-refractivity contribution >= 4 is 28.3 Å². The smallest absolute Gasteiger partial charge is 0.299 e. The fourth-order valence-electron chi connectivity index (χ4n) is 0. The molecule has 0 rings (SSSR count). The van der Waals surface area contributed by atoms with Crippen molar-refractivity contribution in [2.45, 2.75) is 0 Å². The van der Waals surface area contributed by atoms with E-state index in [1.807, 2.05) is 0 Å². The molecule has 4 nitrogen and oxygen atoms in total. The first-order valence-corrected chi connectivity index (χ1v) is 1.60. The first-order valence-electron chi connectivity index (χ1n) is 0.532. The summed E-state index contributed by atoms with van der Waals surface area (Å²) in [6, 6.07) is 0. The maximum absolute atomic E-state index is 8.67. The number of rotatable bonds is 0. The lowest BCUT2D eigenvalue weighted by molar-refractivity contribution is 0.454. The average molecular weight is 180 g/mol. The van der Waals surface area contributed by atoms with Crippen LogP contribution in [0.4, 0.5) is 0 Å². The van der Waals surface area contributed by atoms with Gasteiger partial charge in [0.15, 0.2) is 0 Å². The van der Waals surface area contributed by atoms with E-state index >= 15 is 0 Å². The molecule has 0 fully saturated rings. The summed E-state index contributed by atoms with van der Waals surface area (Å²) in [5.41, 5.74) is 0. The van der Waals surface area contributed by atoms with Crippen molar-refractivity contribution in [1.82, 2.24) is 6.15 Å². The molecule has 6 heteroatoms. The van der Waals surface area contributed by atoms with Gasteiger partial charge in [-0.25, -0.2) is 0 Å². The van der Waals surface area contributed by atoms with E-state index in [0.29, 0.717) is 0 Å². The topological polar surface area (TPSA) is 92.5 Å². The minimum Gasteiger partial charge on any atom is -0.344 e. The lowest BCUT2D eigenvalue weighted by Crippen LogP contribution is -1.74. The predicted octanol–water partition coefficient (Wildman–Crippen LogP) is 0.421. The summed E-state index contributed by atoms with van der Waals surface area (Å²) < 4.78 is 22.8. The zero-order valence-corrected chi connectivity index (χ0v) is 5.36. The first-order chi connectivity index (χ1) is 1.73. The van der Waals surface area contributed by atoms with Crippen molar-refractivity contribution in [2.24, 2.45) is 0 Å². The average Bonchev–Trinajstić information content (AvgIpc) is 0.811. The quantitative estimate of drug-likeness (QED) is 0.471. The van der Waals surface area contributed by atoms with Crippen molar-refractivity contribution in [3.8, 4) is 0 Å². The standard InChI is InChI=1S/BrH.H3N.H2O3S/c;;1-4(2)3/h1H;1H3;(H2,1,2,3). The maximum Gasteiger partial charge on any atom is 0.299 e. The third-order valence-corrected chi connectivity index (χ3v) is 0. The summed E-state index contributed by atoms with van der Waals surface area (Å²) in [6.07, 6.45) is 0. The van der Waals surface area contributed by atoms with E-state index in [9.17, 15) is 0 Å². The molecular formula is H6BrNO3S. The van der Waals surface area contributed by atoms with Crippen molar-refractivity contribution < 1.29 is 13.3 Å². The fourth-order valence-corrected chi connectivity index (χ4v) is 0. The highest BCUT2D eigenvalue weighted by molar-refractivity contribution is 8.93. The molecule has 0 bridgehead atoms. The third kappa shape index (κ3) is 214. The van der Waals surface area contributed by atoms with E-state index < -0.39 is 11.4 Å². The zero-order chi connectivity index (χ0) is 3.58. The van der Waals surface area contributed by atoms with Crippen LogP contribution in [0.5, 0.6) is 0 Å². The van der Waals surface area contributed by atoms with E-state index in [4.69, 9.17) is 13.3 Å². The largest absolute Gasteiger partial charge is 0.344 e. The summed E-state index contributed by atoms with van der Waals surface area (Å²) in [4.78, 5) is 0. The van der Waals surface area contributed by atoms with Gasteiger partial charge in [0.05, 0.1) is 0 Å². The molecule has 0 aliphatic carbocycles. The molecule has 5 N–H and O–H groups in total. The molecule has 0 aliphatic heterocycles. The van der Waals surface area contributed by atoms with E-state index in [1.54, 1.807) is 0 Å². The predicted molar refractivity (Wildman–Crippen MR) is 28.7 cm³/mol. The minimum atomic E-state index is -2.61. The zero-order valence-electron chi connectivity index (χ0n) is 2.83. The molecule has 0 atom stereocenters. The van der Waals surface area contributed by atoms with Gasteiger partial charge in [-0.15, -0.1) is 17.0 Å². The lowest BCUT2D eigenvalue weighted by Gasteiger charge is -1.59. The summed E-state index contributed by atoms with van der Waals surface area (Å²) in [5.74, 6) is 0. The van der Waals surface area contributed by atoms with Crippen LogP contribution in [-0.4, -0.2) is 13.3 Å². The summed E-state index contributed by atoms with van der Waals surface area (Å²) >= 11 is -2.61. The second-order valence-electron chi connectivity index (χ2n) is 0.231. The Morgan fingerprint density at radius 3 is 1.33 bits per heavy atom. The van der Waals surface area contributed by atoms with Gasteiger partial charge < -0.3 is 6.15 Å². The fraction of sp³-hybridized carbons (Fsp3) is 0. The number of halogens is 1. The molecule has 0 saturated carbocycles. The molecule has 0 aromatic heterocycles. The molecule has 0 saturated heterocycles. The van der Waals surface area contributed by atoms with Crippen LogP contribution in [0.3, 0.4) is 0 Å². The Balaban J connectivity index is -0.0000000450. The Hall–Kier alpha value is 0.510. The van der Waals surface area contributed by atoms with Crippen molar-refractivity contribution in [3.05, 3.63) is 0 Å². The number of hydrogen-bond donors (Lipinski definition) is 3. The monoisotopic (exact) mass is 179 g/mol. The van der Waals surface area contributed by atoms with Crippen LogP contribution in [0.15, 0.2) is 0 Å². The van der Waals surface area contributed by atoms with Gasteiger partial charge in [-0.2, -0.15) is 4.21 Å². The van der Waals surface area contributed by atoms with Gasteiger partial charge in [0, 0.05) is 0 Å². The highest BCUT2D eigenvalue weighted by atomic mass is 79.9. The molecule has 0 heterocycles. The Labute approximate surface area is 48.4 Å². The molecule has 0 spiro atoms. The Bertz CT molecular complexity index is 33.8. The van der Waals surface area contributed by atoms with Gasteiger partial charge in [0.25, 0.3) is 11.4 Å². The van der Waals surface area contributed by atoms with Crippen molar-refractivity contribution in [2.75, 3.05) is 0 Å². The van der Waals surface area contributed by atoms with Gasteiger partial charge in [-0.3, -0.25) is 9.11 Å². The minimum absolute atomic E-state index is 0. The molecule has 0 amide bonds. The summed E-state index contributed by atoms with van der Waals surface area (Å²) in [5, 5.41) is 0. The van der Waals surface area contributed by atoms with Crippen LogP contribution in [-0.2, 0) is 11.4 Å².